The Morgan fingerprint density at radius 1 is 1.62 bits per heavy atom. The molecule has 40 valence electrons. The number of nitrogens with zero attached hydrogens (tertiary/aromatic N) is 2. The highest BCUT2D eigenvalue weighted by molar-refractivity contribution is 6.03. The van der Waals surface area contributed by atoms with E-state index in [1.807, 2.05) is 6.08 Å². The van der Waals surface area contributed by atoms with Gasteiger partial charge >= 0.3 is 0 Å². The van der Waals surface area contributed by atoms with E-state index in [-0.39, 0.29) is 0 Å². The van der Waals surface area contributed by atoms with E-state index in [1.165, 1.54) is 6.34 Å². The summed E-state index contributed by atoms with van der Waals surface area (Å²) >= 11 is 0. The molecule has 0 fully saturated rings. The zero-order chi connectivity index (χ0) is 5.40. The minimum atomic E-state index is 0.630. The Bertz CT molecular complexity index is 202. The molecule has 0 spiro atoms. The first kappa shape index (κ1) is 3.83. The predicted octanol–water partition coefficient (Wildman–Crippen LogP) is 0.341. The summed E-state index contributed by atoms with van der Waals surface area (Å²) in [6.45, 7) is 0.630. The lowest BCUT2D eigenvalue weighted by molar-refractivity contribution is 0.367. The lowest BCUT2D eigenvalue weighted by atomic mass is 10.5. The van der Waals surface area contributed by atoms with E-state index in [4.69, 9.17) is 4.74 Å². The summed E-state index contributed by atoms with van der Waals surface area (Å²) in [5, 5.41) is 0. The first-order valence-corrected chi connectivity index (χ1v) is 2.40. The molecule has 0 aromatic heterocycles. The predicted molar refractivity (Wildman–Crippen MR) is 30.0 cm³/mol. The molecule has 0 radical (unpaired) electrons. The van der Waals surface area contributed by atoms with Gasteiger partial charge in [-0.3, -0.25) is 0 Å². The van der Waals surface area contributed by atoms with Crippen LogP contribution in [0.15, 0.2) is 21.8 Å². The van der Waals surface area contributed by atoms with Gasteiger partial charge in [0.05, 0.1) is 0 Å². The van der Waals surface area contributed by atoms with Crippen LogP contribution in [-0.2, 0) is 4.74 Å². The average Bonchev–Trinajstić information content (AvgIpc) is 2.15. The molecule has 3 heteroatoms. The zero-order valence-corrected chi connectivity index (χ0v) is 4.16. The Morgan fingerprint density at radius 2 is 2.62 bits per heavy atom. The van der Waals surface area contributed by atoms with E-state index in [2.05, 4.69) is 9.98 Å². The maximum Gasteiger partial charge on any atom is 0.241 e. The first-order chi connectivity index (χ1) is 3.97. The highest BCUT2D eigenvalue weighted by atomic mass is 16.5. The number of fused-ring (bicyclic) bond motifs is 1. The van der Waals surface area contributed by atoms with Crippen molar-refractivity contribution in [1.82, 2.24) is 0 Å². The van der Waals surface area contributed by atoms with Crippen LogP contribution in [0.5, 0.6) is 0 Å². The van der Waals surface area contributed by atoms with Crippen molar-refractivity contribution in [3.05, 3.63) is 11.8 Å². The normalized spacial score (nSPS) is 22.0. The van der Waals surface area contributed by atoms with Crippen molar-refractivity contribution < 1.29 is 4.74 Å². The second-order valence-electron chi connectivity index (χ2n) is 1.58. The largest absolute Gasteiger partial charge is 0.472 e. The SMILES string of the molecule is C1=NC2=CCOC2=N1. The van der Waals surface area contributed by atoms with Gasteiger partial charge in [0.15, 0.2) is 0 Å². The zero-order valence-electron chi connectivity index (χ0n) is 4.16. The summed E-state index contributed by atoms with van der Waals surface area (Å²) in [5.41, 5.74) is 0.880. The molecule has 2 aliphatic rings. The molecular formula is C5H4N2O. The highest BCUT2D eigenvalue weighted by Crippen LogP contribution is 2.12. The molecule has 2 heterocycles. The highest BCUT2D eigenvalue weighted by Gasteiger charge is 2.15. The van der Waals surface area contributed by atoms with E-state index in [0.717, 1.165) is 5.70 Å². The smallest absolute Gasteiger partial charge is 0.241 e. The third kappa shape index (κ3) is 0.332. The second-order valence-corrected chi connectivity index (χ2v) is 1.58. The van der Waals surface area contributed by atoms with Crippen LogP contribution in [0.2, 0.25) is 0 Å². The van der Waals surface area contributed by atoms with Crippen molar-refractivity contribution in [1.29, 1.82) is 0 Å². The summed E-state index contributed by atoms with van der Waals surface area (Å²) in [6, 6.07) is 0. The summed E-state index contributed by atoms with van der Waals surface area (Å²) < 4.78 is 5.01. The molecule has 0 amide bonds. The van der Waals surface area contributed by atoms with Gasteiger partial charge in [0.2, 0.25) is 5.90 Å². The molecule has 2 aliphatic heterocycles. The van der Waals surface area contributed by atoms with Crippen molar-refractivity contribution in [2.75, 3.05) is 6.61 Å². The van der Waals surface area contributed by atoms with Gasteiger partial charge in [-0.05, 0) is 6.08 Å². The van der Waals surface area contributed by atoms with Crippen molar-refractivity contribution >= 4 is 12.2 Å². The van der Waals surface area contributed by atoms with Gasteiger partial charge in [-0.15, -0.1) is 0 Å². The van der Waals surface area contributed by atoms with Crippen LogP contribution in [0.1, 0.15) is 0 Å². The van der Waals surface area contributed by atoms with Crippen molar-refractivity contribution in [3.8, 4) is 0 Å². The standard InChI is InChI=1S/C5H4N2O/c1-2-8-5-4(1)6-3-7-5/h1,3H,2H2. The van der Waals surface area contributed by atoms with Gasteiger partial charge in [0.25, 0.3) is 0 Å². The Morgan fingerprint density at radius 3 is 3.50 bits per heavy atom. The third-order valence-corrected chi connectivity index (χ3v) is 1.09. The maximum atomic E-state index is 5.01. The van der Waals surface area contributed by atoms with Crippen LogP contribution in [0.25, 0.3) is 0 Å². The maximum absolute atomic E-state index is 5.01. The number of rotatable bonds is 0. The Kier molecular flexibility index (Phi) is 0.566. The lowest BCUT2D eigenvalue weighted by Gasteiger charge is -1.88. The number of ether oxygens (including phenoxy) is 1. The van der Waals surface area contributed by atoms with E-state index in [1.54, 1.807) is 0 Å². The van der Waals surface area contributed by atoms with Gasteiger partial charge in [-0.1, -0.05) is 0 Å². The molecule has 8 heavy (non-hydrogen) atoms. The Labute approximate surface area is 46.4 Å². The van der Waals surface area contributed by atoms with E-state index < -0.39 is 0 Å². The molecule has 0 aromatic rings. The topological polar surface area (TPSA) is 34.0 Å². The molecule has 0 aromatic carbocycles. The van der Waals surface area contributed by atoms with Gasteiger partial charge in [0, 0.05) is 0 Å². The molecule has 0 N–H and O–H groups in total. The van der Waals surface area contributed by atoms with Crippen LogP contribution in [-0.4, -0.2) is 18.8 Å². The minimum Gasteiger partial charge on any atom is -0.472 e. The van der Waals surface area contributed by atoms with Crippen LogP contribution in [0.4, 0.5) is 0 Å². The molecule has 0 bridgehead atoms. The number of hydrogen-bond acceptors (Lipinski definition) is 3. The van der Waals surface area contributed by atoms with E-state index >= 15 is 0 Å². The molecule has 0 atom stereocenters. The first-order valence-electron chi connectivity index (χ1n) is 2.40. The summed E-state index contributed by atoms with van der Waals surface area (Å²) in [4.78, 5) is 7.74. The van der Waals surface area contributed by atoms with Crippen molar-refractivity contribution in [3.63, 3.8) is 0 Å². The van der Waals surface area contributed by atoms with E-state index in [0.29, 0.717) is 12.5 Å². The molecule has 0 unspecified atom stereocenters. The monoisotopic (exact) mass is 108 g/mol. The molecule has 0 aliphatic carbocycles. The van der Waals surface area contributed by atoms with Crippen LogP contribution in [0.3, 0.4) is 0 Å². The molecule has 0 saturated carbocycles. The number of hydrogen-bond donors (Lipinski definition) is 0. The van der Waals surface area contributed by atoms with Gasteiger partial charge in [-0.2, -0.15) is 4.99 Å². The molecule has 3 nitrogen and oxygen atoms in total. The summed E-state index contributed by atoms with van der Waals surface area (Å²) in [6.07, 6.45) is 3.41. The van der Waals surface area contributed by atoms with Gasteiger partial charge in [-0.25, -0.2) is 4.99 Å². The lowest BCUT2D eigenvalue weighted by Crippen LogP contribution is -1.93. The van der Waals surface area contributed by atoms with Gasteiger partial charge < -0.3 is 4.74 Å². The van der Waals surface area contributed by atoms with Crippen molar-refractivity contribution in [2.45, 2.75) is 0 Å². The average molecular weight is 108 g/mol. The fraction of sp³-hybridized carbons (Fsp3) is 0.200. The molecule has 0 saturated heterocycles. The Hall–Kier alpha value is -1.12. The fourth-order valence-electron chi connectivity index (χ4n) is 0.716. The summed E-state index contributed by atoms with van der Waals surface area (Å²) in [7, 11) is 0. The summed E-state index contributed by atoms with van der Waals surface area (Å²) in [5.74, 6) is 0.671. The quantitative estimate of drug-likeness (QED) is 0.440. The molecule has 2 rings (SSSR count). The van der Waals surface area contributed by atoms with Crippen LogP contribution < -0.4 is 0 Å². The minimum absolute atomic E-state index is 0.630. The van der Waals surface area contributed by atoms with E-state index in [9.17, 15) is 0 Å². The fourth-order valence-corrected chi connectivity index (χ4v) is 0.716. The van der Waals surface area contributed by atoms with Gasteiger partial charge in [0.1, 0.15) is 18.6 Å². The third-order valence-electron chi connectivity index (χ3n) is 1.09. The second kappa shape index (κ2) is 1.18. The van der Waals surface area contributed by atoms with Crippen molar-refractivity contribution in [2.24, 2.45) is 9.98 Å². The van der Waals surface area contributed by atoms with Crippen LogP contribution >= 0.6 is 0 Å². The number of aliphatic imine (C=N–C) groups is 2. The Balaban J connectivity index is 2.49. The molecular weight excluding hydrogens is 104 g/mol. The van der Waals surface area contributed by atoms with Crippen LogP contribution in [0, 0.1) is 0 Å².